The maximum Gasteiger partial charge on any atom is 0.416 e. The normalized spacial score (nSPS) is 16.1. The molecule has 0 amide bonds. The van der Waals surface area contributed by atoms with Crippen molar-refractivity contribution in [2.45, 2.75) is 25.1 Å². The number of carbonyl (C=O) groups excluding carboxylic acids is 1. The first-order chi connectivity index (χ1) is 12.0. The van der Waals surface area contributed by atoms with E-state index < -0.39 is 17.8 Å². The first kappa shape index (κ1) is 15.9. The highest BCUT2D eigenvalue weighted by Gasteiger charge is 2.41. The van der Waals surface area contributed by atoms with Gasteiger partial charge in [-0.1, -0.05) is 18.2 Å². The number of nitrogens with zero attached hydrogens (tertiary/aromatic N) is 2. The van der Waals surface area contributed by atoms with Gasteiger partial charge in [-0.2, -0.15) is 18.3 Å². The number of benzene rings is 2. The number of rotatable bonds is 4. The molecule has 2 aromatic carbocycles. The first-order valence-electron chi connectivity index (χ1n) is 8.07. The molecule has 1 aromatic heterocycles. The van der Waals surface area contributed by atoms with Crippen LogP contribution in [0.4, 0.5) is 13.2 Å². The summed E-state index contributed by atoms with van der Waals surface area (Å²) < 4.78 is 42.0. The Hall–Kier alpha value is -2.63. The van der Waals surface area contributed by atoms with Crippen LogP contribution in [0.2, 0.25) is 0 Å². The van der Waals surface area contributed by atoms with Crippen molar-refractivity contribution in [3.05, 3.63) is 65.4 Å². The summed E-state index contributed by atoms with van der Waals surface area (Å²) in [6.07, 6.45) is -0.160. The summed E-state index contributed by atoms with van der Waals surface area (Å²) in [5.41, 5.74) is 0.826. The van der Waals surface area contributed by atoms with E-state index in [0.29, 0.717) is 11.1 Å². The predicted octanol–water partition coefficient (Wildman–Crippen LogP) is 4.87. The summed E-state index contributed by atoms with van der Waals surface area (Å²) >= 11 is 0. The van der Waals surface area contributed by atoms with Crippen molar-refractivity contribution in [3.8, 4) is 0 Å². The van der Waals surface area contributed by atoms with Crippen molar-refractivity contribution in [2.24, 2.45) is 5.92 Å². The summed E-state index contributed by atoms with van der Waals surface area (Å²) in [6, 6.07) is 10.3. The summed E-state index contributed by atoms with van der Waals surface area (Å²) in [7, 11) is 0. The van der Waals surface area contributed by atoms with Gasteiger partial charge >= 0.3 is 6.18 Å². The second-order valence-corrected chi connectivity index (χ2v) is 6.41. The molecule has 0 aliphatic heterocycles. The Balaban J connectivity index is 1.85. The maximum absolute atomic E-state index is 13.4. The number of halogens is 3. The Morgan fingerprint density at radius 3 is 2.60 bits per heavy atom. The van der Waals surface area contributed by atoms with Gasteiger partial charge in [0.25, 0.3) is 0 Å². The van der Waals surface area contributed by atoms with Crippen LogP contribution in [0.3, 0.4) is 0 Å². The summed E-state index contributed by atoms with van der Waals surface area (Å²) in [5, 5.41) is 5.23. The van der Waals surface area contributed by atoms with E-state index in [1.165, 1.54) is 12.1 Å². The zero-order valence-corrected chi connectivity index (χ0v) is 13.2. The van der Waals surface area contributed by atoms with Gasteiger partial charge < -0.3 is 0 Å². The van der Waals surface area contributed by atoms with E-state index in [0.717, 1.165) is 30.6 Å². The summed E-state index contributed by atoms with van der Waals surface area (Å²) in [4.78, 5) is 10.9. The fourth-order valence-electron chi connectivity index (χ4n) is 3.32. The van der Waals surface area contributed by atoms with Crippen molar-refractivity contribution in [1.82, 2.24) is 9.78 Å². The zero-order chi connectivity index (χ0) is 17.6. The smallest absolute Gasteiger partial charge is 0.298 e. The molecular formula is C19H15F3N2O. The average molecular weight is 344 g/mol. The van der Waals surface area contributed by atoms with Crippen LogP contribution in [0.1, 0.15) is 40.4 Å². The Morgan fingerprint density at radius 1 is 1.16 bits per heavy atom. The minimum absolute atomic E-state index is 0.142. The van der Waals surface area contributed by atoms with Crippen LogP contribution in [0, 0.1) is 5.92 Å². The second kappa shape index (κ2) is 5.72. The Bertz CT molecular complexity index is 941. The van der Waals surface area contributed by atoms with Gasteiger partial charge in [0, 0.05) is 17.1 Å². The van der Waals surface area contributed by atoms with Gasteiger partial charge in [0.1, 0.15) is 6.29 Å². The van der Waals surface area contributed by atoms with Crippen molar-refractivity contribution in [1.29, 1.82) is 0 Å². The van der Waals surface area contributed by atoms with Crippen molar-refractivity contribution >= 4 is 17.2 Å². The van der Waals surface area contributed by atoms with E-state index in [9.17, 15) is 18.0 Å². The van der Waals surface area contributed by atoms with Gasteiger partial charge in [0.15, 0.2) is 0 Å². The third-order valence-electron chi connectivity index (χ3n) is 4.62. The molecule has 128 valence electrons. The van der Waals surface area contributed by atoms with E-state index in [1.54, 1.807) is 35.1 Å². The van der Waals surface area contributed by atoms with Gasteiger partial charge in [-0.25, -0.2) is 0 Å². The third kappa shape index (κ3) is 2.92. The van der Waals surface area contributed by atoms with Crippen LogP contribution in [0.5, 0.6) is 0 Å². The molecule has 25 heavy (non-hydrogen) atoms. The van der Waals surface area contributed by atoms with Crippen LogP contribution in [-0.2, 0) is 6.18 Å². The van der Waals surface area contributed by atoms with Crippen molar-refractivity contribution in [3.63, 3.8) is 0 Å². The lowest BCUT2D eigenvalue weighted by Gasteiger charge is -2.22. The van der Waals surface area contributed by atoms with E-state index in [-0.39, 0.29) is 11.5 Å². The molecule has 0 saturated heterocycles. The maximum atomic E-state index is 13.4. The minimum atomic E-state index is -4.40. The van der Waals surface area contributed by atoms with E-state index >= 15 is 0 Å². The molecular weight excluding hydrogens is 329 g/mol. The molecule has 1 saturated carbocycles. The molecule has 1 aliphatic rings. The number of aldehydes is 1. The molecule has 3 nitrogen and oxygen atoms in total. The quantitative estimate of drug-likeness (QED) is 0.633. The lowest BCUT2D eigenvalue weighted by Crippen LogP contribution is -2.19. The molecule has 1 atom stereocenters. The standard InChI is InChI=1S/C19H15F3N2O/c20-19(21,22)16-4-2-1-3-15(16)18(13-6-7-13)24-10-14-9-12(11-25)5-8-17(14)23-24/h1-5,8-11,13,18H,6-7H2. The van der Waals surface area contributed by atoms with Gasteiger partial charge in [0.2, 0.25) is 0 Å². The first-order valence-corrected chi connectivity index (χ1v) is 8.07. The molecule has 0 radical (unpaired) electrons. The van der Waals surface area contributed by atoms with Gasteiger partial charge in [-0.05, 0) is 48.6 Å². The molecule has 0 bridgehead atoms. The molecule has 1 aliphatic carbocycles. The van der Waals surface area contributed by atoms with Gasteiger partial charge in [-0.15, -0.1) is 0 Å². The highest BCUT2D eigenvalue weighted by atomic mass is 19.4. The molecule has 4 rings (SSSR count). The van der Waals surface area contributed by atoms with E-state index in [2.05, 4.69) is 5.10 Å². The Kier molecular flexibility index (Phi) is 3.63. The SMILES string of the molecule is O=Cc1ccc2nn(C(c3ccccc3C(F)(F)F)C3CC3)cc2c1. The molecule has 0 N–H and O–H groups in total. The Morgan fingerprint density at radius 2 is 1.92 bits per heavy atom. The minimum Gasteiger partial charge on any atom is -0.298 e. The molecule has 1 fully saturated rings. The van der Waals surface area contributed by atoms with Crippen LogP contribution in [-0.4, -0.2) is 16.1 Å². The summed E-state index contributed by atoms with van der Waals surface area (Å²) in [5.74, 6) is 0.142. The number of carbonyl (C=O) groups is 1. The van der Waals surface area contributed by atoms with E-state index in [1.807, 2.05) is 0 Å². The van der Waals surface area contributed by atoms with Crippen molar-refractivity contribution < 1.29 is 18.0 Å². The fourth-order valence-corrected chi connectivity index (χ4v) is 3.32. The summed E-state index contributed by atoms with van der Waals surface area (Å²) in [6.45, 7) is 0. The number of fused-ring (bicyclic) bond motifs is 1. The lowest BCUT2D eigenvalue weighted by molar-refractivity contribution is -0.138. The van der Waals surface area contributed by atoms with Gasteiger partial charge in [0.05, 0.1) is 17.1 Å². The predicted molar refractivity (Wildman–Crippen MR) is 87.4 cm³/mol. The number of aromatic nitrogens is 2. The monoisotopic (exact) mass is 344 g/mol. The number of alkyl halides is 3. The van der Waals surface area contributed by atoms with Crippen molar-refractivity contribution in [2.75, 3.05) is 0 Å². The van der Waals surface area contributed by atoms with Crippen LogP contribution in [0.25, 0.3) is 10.9 Å². The Labute approximate surface area is 142 Å². The van der Waals surface area contributed by atoms with Crippen LogP contribution >= 0.6 is 0 Å². The average Bonchev–Trinajstić information content (AvgIpc) is 3.32. The zero-order valence-electron chi connectivity index (χ0n) is 13.2. The van der Waals surface area contributed by atoms with Crippen LogP contribution < -0.4 is 0 Å². The molecule has 6 heteroatoms. The molecule has 1 heterocycles. The third-order valence-corrected chi connectivity index (χ3v) is 4.62. The highest BCUT2D eigenvalue weighted by Crippen LogP contribution is 2.46. The molecule has 3 aromatic rings. The highest BCUT2D eigenvalue weighted by molar-refractivity contribution is 5.86. The molecule has 0 spiro atoms. The largest absolute Gasteiger partial charge is 0.416 e. The second-order valence-electron chi connectivity index (χ2n) is 6.41. The van der Waals surface area contributed by atoms with Gasteiger partial charge in [-0.3, -0.25) is 9.48 Å². The number of hydrogen-bond donors (Lipinski definition) is 0. The topological polar surface area (TPSA) is 34.9 Å². The van der Waals surface area contributed by atoms with Crippen LogP contribution in [0.15, 0.2) is 48.7 Å². The fraction of sp³-hybridized carbons (Fsp3) is 0.263. The molecule has 1 unspecified atom stereocenters. The van der Waals surface area contributed by atoms with E-state index in [4.69, 9.17) is 0 Å². The number of hydrogen-bond acceptors (Lipinski definition) is 2. The lowest BCUT2D eigenvalue weighted by atomic mass is 9.96.